The normalized spacial score (nSPS) is 11.2. The Kier molecular flexibility index (Phi) is 3.37. The molecular formula is C14H12ClNOS. The number of para-hydroxylation sites is 1. The number of furan rings is 1. The van der Waals surface area contributed by atoms with Crippen molar-refractivity contribution in [2.45, 2.75) is 13.1 Å². The van der Waals surface area contributed by atoms with Crippen molar-refractivity contribution in [3.63, 3.8) is 0 Å². The van der Waals surface area contributed by atoms with Crippen molar-refractivity contribution in [3.8, 4) is 0 Å². The second-order valence-electron chi connectivity index (χ2n) is 4.03. The highest BCUT2D eigenvalue weighted by molar-refractivity contribution is 7.09. The zero-order valence-corrected chi connectivity index (χ0v) is 11.2. The minimum atomic E-state index is 0.481. The standard InChI is InChI=1S/C14H12ClNOS/c15-14-12(9-16-8-10-4-3-7-18-10)11-5-1-2-6-13(11)17-14/h1-7,16H,8-9H2. The first-order chi connectivity index (χ1) is 8.84. The van der Waals surface area contributed by atoms with Crippen LogP contribution >= 0.6 is 22.9 Å². The summed E-state index contributed by atoms with van der Waals surface area (Å²) >= 11 is 7.87. The van der Waals surface area contributed by atoms with Gasteiger partial charge >= 0.3 is 0 Å². The van der Waals surface area contributed by atoms with Crippen LogP contribution in [-0.4, -0.2) is 0 Å². The van der Waals surface area contributed by atoms with Crippen molar-refractivity contribution < 1.29 is 4.42 Å². The highest BCUT2D eigenvalue weighted by Crippen LogP contribution is 2.29. The van der Waals surface area contributed by atoms with Crippen molar-refractivity contribution in [1.29, 1.82) is 0 Å². The number of benzene rings is 1. The maximum Gasteiger partial charge on any atom is 0.199 e. The predicted octanol–water partition coefficient (Wildman–Crippen LogP) is 4.44. The maximum absolute atomic E-state index is 6.12. The second kappa shape index (κ2) is 5.14. The molecule has 0 saturated carbocycles. The van der Waals surface area contributed by atoms with E-state index in [4.69, 9.17) is 16.0 Å². The molecule has 92 valence electrons. The van der Waals surface area contributed by atoms with Gasteiger partial charge in [-0.1, -0.05) is 24.3 Å². The summed E-state index contributed by atoms with van der Waals surface area (Å²) in [7, 11) is 0. The molecule has 3 rings (SSSR count). The topological polar surface area (TPSA) is 25.2 Å². The van der Waals surface area contributed by atoms with Crippen molar-refractivity contribution >= 4 is 33.9 Å². The van der Waals surface area contributed by atoms with E-state index < -0.39 is 0 Å². The molecule has 1 aromatic carbocycles. The number of fused-ring (bicyclic) bond motifs is 1. The lowest BCUT2D eigenvalue weighted by molar-refractivity contribution is 0.604. The maximum atomic E-state index is 6.12. The van der Waals surface area contributed by atoms with Crippen LogP contribution in [0.25, 0.3) is 11.0 Å². The van der Waals surface area contributed by atoms with Gasteiger partial charge in [-0.25, -0.2) is 0 Å². The van der Waals surface area contributed by atoms with Gasteiger partial charge < -0.3 is 9.73 Å². The summed E-state index contributed by atoms with van der Waals surface area (Å²) in [5, 5.41) is 7.04. The second-order valence-corrected chi connectivity index (χ2v) is 5.41. The number of halogens is 1. The fraction of sp³-hybridized carbons (Fsp3) is 0.143. The molecule has 0 fully saturated rings. The van der Waals surface area contributed by atoms with Gasteiger partial charge in [-0.15, -0.1) is 11.3 Å². The van der Waals surface area contributed by atoms with E-state index in [9.17, 15) is 0 Å². The average Bonchev–Trinajstić information content (AvgIpc) is 2.98. The Bertz CT molecular complexity index is 645. The van der Waals surface area contributed by atoms with Crippen molar-refractivity contribution in [3.05, 3.63) is 57.4 Å². The van der Waals surface area contributed by atoms with Crippen molar-refractivity contribution in [2.24, 2.45) is 0 Å². The van der Waals surface area contributed by atoms with Crippen molar-refractivity contribution in [2.75, 3.05) is 0 Å². The lowest BCUT2D eigenvalue weighted by Gasteiger charge is -2.01. The van der Waals surface area contributed by atoms with Crippen molar-refractivity contribution in [1.82, 2.24) is 5.32 Å². The number of hydrogen-bond acceptors (Lipinski definition) is 3. The van der Waals surface area contributed by atoms with Gasteiger partial charge in [0.2, 0.25) is 0 Å². The molecule has 0 unspecified atom stereocenters. The number of hydrogen-bond donors (Lipinski definition) is 1. The molecule has 0 spiro atoms. The zero-order chi connectivity index (χ0) is 12.4. The van der Waals surface area contributed by atoms with E-state index in [0.717, 1.165) is 23.1 Å². The van der Waals surface area contributed by atoms with Gasteiger partial charge in [-0.2, -0.15) is 0 Å². The van der Waals surface area contributed by atoms with Crippen LogP contribution < -0.4 is 5.32 Å². The Labute approximate surface area is 114 Å². The molecule has 0 aliphatic heterocycles. The first-order valence-corrected chi connectivity index (χ1v) is 6.99. The van der Waals surface area contributed by atoms with E-state index in [-0.39, 0.29) is 0 Å². The van der Waals surface area contributed by atoms with Gasteiger partial charge in [-0.3, -0.25) is 0 Å². The fourth-order valence-electron chi connectivity index (χ4n) is 1.96. The van der Waals surface area contributed by atoms with Crippen LogP contribution in [0.4, 0.5) is 0 Å². The summed E-state index contributed by atoms with van der Waals surface area (Å²) in [5.41, 5.74) is 1.87. The van der Waals surface area contributed by atoms with Crippen LogP contribution in [0.5, 0.6) is 0 Å². The van der Waals surface area contributed by atoms with E-state index in [1.54, 1.807) is 11.3 Å². The molecule has 0 radical (unpaired) electrons. The van der Waals surface area contributed by atoms with E-state index in [2.05, 4.69) is 22.8 Å². The first kappa shape index (κ1) is 11.8. The van der Waals surface area contributed by atoms with Gasteiger partial charge in [0.15, 0.2) is 5.22 Å². The Morgan fingerprint density at radius 1 is 1.11 bits per heavy atom. The average molecular weight is 278 g/mol. The molecular weight excluding hydrogens is 266 g/mol. The molecule has 0 saturated heterocycles. The van der Waals surface area contributed by atoms with E-state index in [0.29, 0.717) is 11.8 Å². The smallest absolute Gasteiger partial charge is 0.199 e. The Balaban J connectivity index is 1.76. The summed E-state index contributed by atoms with van der Waals surface area (Å²) in [4.78, 5) is 1.32. The minimum Gasteiger partial charge on any atom is -0.444 e. The molecule has 0 aliphatic carbocycles. The van der Waals surface area contributed by atoms with Gasteiger partial charge in [0.25, 0.3) is 0 Å². The molecule has 2 aromatic heterocycles. The molecule has 0 amide bonds. The van der Waals surface area contributed by atoms with E-state index >= 15 is 0 Å². The lowest BCUT2D eigenvalue weighted by Crippen LogP contribution is -2.11. The Hall–Kier alpha value is -1.29. The molecule has 3 aromatic rings. The van der Waals surface area contributed by atoms with Crippen LogP contribution in [0.3, 0.4) is 0 Å². The molecule has 18 heavy (non-hydrogen) atoms. The third-order valence-electron chi connectivity index (χ3n) is 2.83. The summed E-state index contributed by atoms with van der Waals surface area (Å²) in [5.74, 6) is 0. The minimum absolute atomic E-state index is 0.481. The Morgan fingerprint density at radius 2 is 2.00 bits per heavy atom. The van der Waals surface area contributed by atoms with Crippen LogP contribution in [0.2, 0.25) is 5.22 Å². The molecule has 1 N–H and O–H groups in total. The van der Waals surface area contributed by atoms with Crippen LogP contribution in [-0.2, 0) is 13.1 Å². The SMILES string of the molecule is Clc1oc2ccccc2c1CNCc1cccs1. The van der Waals surface area contributed by atoms with Gasteiger partial charge in [0.05, 0.1) is 0 Å². The molecule has 0 bridgehead atoms. The van der Waals surface area contributed by atoms with Gasteiger partial charge in [0.1, 0.15) is 5.58 Å². The Morgan fingerprint density at radius 3 is 2.83 bits per heavy atom. The van der Waals surface area contributed by atoms with Gasteiger partial charge in [-0.05, 0) is 29.1 Å². The summed E-state index contributed by atoms with van der Waals surface area (Å²) in [6.07, 6.45) is 0. The molecule has 2 nitrogen and oxygen atoms in total. The fourth-order valence-corrected chi connectivity index (χ4v) is 2.88. The number of thiophene rings is 1. The van der Waals surface area contributed by atoms with E-state index in [1.807, 2.05) is 24.3 Å². The van der Waals surface area contributed by atoms with Crippen LogP contribution in [0, 0.1) is 0 Å². The molecule has 4 heteroatoms. The summed E-state index contributed by atoms with van der Waals surface area (Å²) < 4.78 is 5.51. The van der Waals surface area contributed by atoms with E-state index in [1.165, 1.54) is 4.88 Å². The molecule has 0 aliphatic rings. The number of rotatable bonds is 4. The van der Waals surface area contributed by atoms with Crippen LogP contribution in [0.1, 0.15) is 10.4 Å². The van der Waals surface area contributed by atoms with Gasteiger partial charge in [0, 0.05) is 28.9 Å². The monoisotopic (exact) mass is 277 g/mol. The zero-order valence-electron chi connectivity index (χ0n) is 9.65. The molecule has 2 heterocycles. The predicted molar refractivity (Wildman–Crippen MR) is 76.1 cm³/mol. The third kappa shape index (κ3) is 2.29. The molecule has 0 atom stereocenters. The highest BCUT2D eigenvalue weighted by atomic mass is 35.5. The summed E-state index contributed by atoms with van der Waals surface area (Å²) in [6.45, 7) is 1.57. The summed E-state index contributed by atoms with van der Waals surface area (Å²) in [6, 6.07) is 12.1. The third-order valence-corrected chi connectivity index (χ3v) is 4.01. The number of nitrogens with one attached hydrogen (secondary N) is 1. The highest BCUT2D eigenvalue weighted by Gasteiger charge is 2.11. The first-order valence-electron chi connectivity index (χ1n) is 5.73. The largest absolute Gasteiger partial charge is 0.444 e. The van der Waals surface area contributed by atoms with Crippen LogP contribution in [0.15, 0.2) is 46.2 Å². The quantitative estimate of drug-likeness (QED) is 0.763. The lowest BCUT2D eigenvalue weighted by atomic mass is 10.2.